The summed E-state index contributed by atoms with van der Waals surface area (Å²) in [6, 6.07) is 18.7. The van der Waals surface area contributed by atoms with Gasteiger partial charge in [-0.3, -0.25) is 14.5 Å². The van der Waals surface area contributed by atoms with Crippen LogP contribution in [0.2, 0.25) is 0 Å². The van der Waals surface area contributed by atoms with E-state index in [0.717, 1.165) is 11.1 Å². The number of carbonyl (C=O) groups is 2. The average molecular weight is 448 g/mol. The number of nitrogens with zero attached hydrogens (tertiary/aromatic N) is 2. The van der Waals surface area contributed by atoms with Crippen molar-refractivity contribution in [3.05, 3.63) is 71.8 Å². The Morgan fingerprint density at radius 1 is 0.875 bits per heavy atom. The van der Waals surface area contributed by atoms with E-state index in [9.17, 15) is 22.8 Å². The van der Waals surface area contributed by atoms with Crippen molar-refractivity contribution in [3.8, 4) is 0 Å². The first-order chi connectivity index (χ1) is 15.3. The molecule has 172 valence electrons. The van der Waals surface area contributed by atoms with Crippen LogP contribution < -0.4 is 0 Å². The van der Waals surface area contributed by atoms with Crippen molar-refractivity contribution in [2.24, 2.45) is 5.92 Å². The summed E-state index contributed by atoms with van der Waals surface area (Å²) < 4.78 is 43.2. The first kappa shape index (κ1) is 23.8. The largest absolute Gasteiger partial charge is 0.461 e. The molecular formula is C24H27F3N2O3. The SMILES string of the molecule is O=C(OCc1ccccc1)[C@@H](CC(=O)N1CCN(CC(F)(F)F)CC1)Cc1ccccc1. The van der Waals surface area contributed by atoms with E-state index in [-0.39, 0.29) is 45.1 Å². The maximum Gasteiger partial charge on any atom is 0.401 e. The highest BCUT2D eigenvalue weighted by molar-refractivity contribution is 5.83. The second-order valence-electron chi connectivity index (χ2n) is 7.96. The fraction of sp³-hybridized carbons (Fsp3) is 0.417. The molecule has 1 saturated heterocycles. The van der Waals surface area contributed by atoms with Gasteiger partial charge in [0.25, 0.3) is 0 Å². The van der Waals surface area contributed by atoms with E-state index in [1.165, 1.54) is 9.80 Å². The third-order valence-corrected chi connectivity index (χ3v) is 5.43. The van der Waals surface area contributed by atoms with Crippen LogP contribution in [0.3, 0.4) is 0 Å². The molecule has 3 rings (SSSR count). The first-order valence-electron chi connectivity index (χ1n) is 10.6. The van der Waals surface area contributed by atoms with Crippen LogP contribution in [0.15, 0.2) is 60.7 Å². The molecule has 1 amide bonds. The lowest BCUT2D eigenvalue weighted by atomic mass is 9.95. The van der Waals surface area contributed by atoms with Crippen molar-refractivity contribution < 1.29 is 27.5 Å². The minimum Gasteiger partial charge on any atom is -0.461 e. The number of carbonyl (C=O) groups excluding carboxylic acids is 2. The van der Waals surface area contributed by atoms with Gasteiger partial charge in [0.1, 0.15) is 6.61 Å². The van der Waals surface area contributed by atoms with Gasteiger partial charge in [-0.1, -0.05) is 60.7 Å². The molecule has 0 N–H and O–H groups in total. The van der Waals surface area contributed by atoms with E-state index in [2.05, 4.69) is 0 Å². The summed E-state index contributed by atoms with van der Waals surface area (Å²) in [5, 5.41) is 0. The highest BCUT2D eigenvalue weighted by atomic mass is 19.4. The predicted molar refractivity (Wildman–Crippen MR) is 114 cm³/mol. The van der Waals surface area contributed by atoms with Gasteiger partial charge in [0.2, 0.25) is 5.91 Å². The summed E-state index contributed by atoms with van der Waals surface area (Å²) >= 11 is 0. The quantitative estimate of drug-likeness (QED) is 0.578. The molecule has 32 heavy (non-hydrogen) atoms. The molecule has 1 fully saturated rings. The van der Waals surface area contributed by atoms with Gasteiger partial charge in [-0.05, 0) is 17.5 Å². The molecule has 0 bridgehead atoms. The van der Waals surface area contributed by atoms with Crippen LogP contribution in [0.1, 0.15) is 17.5 Å². The van der Waals surface area contributed by atoms with E-state index in [0.29, 0.717) is 6.42 Å². The number of halogens is 3. The van der Waals surface area contributed by atoms with Gasteiger partial charge in [0.15, 0.2) is 0 Å². The number of hydrogen-bond donors (Lipinski definition) is 0. The zero-order valence-electron chi connectivity index (χ0n) is 17.8. The second-order valence-corrected chi connectivity index (χ2v) is 7.96. The molecular weight excluding hydrogens is 421 g/mol. The zero-order valence-corrected chi connectivity index (χ0v) is 17.8. The van der Waals surface area contributed by atoms with E-state index in [4.69, 9.17) is 4.74 Å². The standard InChI is InChI=1S/C24H27F3N2O3/c25-24(26,27)18-28-11-13-29(14-12-28)22(30)16-21(15-19-7-3-1-4-8-19)23(31)32-17-20-9-5-2-6-10-20/h1-10,21H,11-18H2/t21-/m1/s1. The van der Waals surface area contributed by atoms with E-state index >= 15 is 0 Å². The molecule has 0 radical (unpaired) electrons. The normalized spacial score (nSPS) is 15.9. The van der Waals surface area contributed by atoms with E-state index < -0.39 is 24.6 Å². The van der Waals surface area contributed by atoms with Crippen LogP contribution >= 0.6 is 0 Å². The maximum absolute atomic E-state index is 12.8. The van der Waals surface area contributed by atoms with Gasteiger partial charge in [-0.25, -0.2) is 0 Å². The molecule has 0 spiro atoms. The molecule has 2 aromatic carbocycles. The smallest absolute Gasteiger partial charge is 0.401 e. The summed E-state index contributed by atoms with van der Waals surface area (Å²) in [7, 11) is 0. The monoisotopic (exact) mass is 448 g/mol. The lowest BCUT2D eigenvalue weighted by Crippen LogP contribution is -2.51. The van der Waals surface area contributed by atoms with Crippen molar-refractivity contribution in [3.63, 3.8) is 0 Å². The molecule has 0 aromatic heterocycles. The molecule has 5 nitrogen and oxygen atoms in total. The Labute approximate surface area is 185 Å². The Hall–Kier alpha value is -2.87. The van der Waals surface area contributed by atoms with Crippen molar-refractivity contribution in [1.29, 1.82) is 0 Å². The van der Waals surface area contributed by atoms with Gasteiger partial charge in [-0.15, -0.1) is 0 Å². The van der Waals surface area contributed by atoms with Gasteiger partial charge < -0.3 is 9.64 Å². The molecule has 8 heteroatoms. The van der Waals surface area contributed by atoms with Crippen LogP contribution in [-0.4, -0.2) is 60.6 Å². The fourth-order valence-electron chi connectivity index (χ4n) is 3.73. The predicted octanol–water partition coefficient (Wildman–Crippen LogP) is 3.69. The van der Waals surface area contributed by atoms with Crippen LogP contribution in [-0.2, 0) is 27.4 Å². The van der Waals surface area contributed by atoms with E-state index in [1.54, 1.807) is 0 Å². The molecule has 1 aliphatic heterocycles. The topological polar surface area (TPSA) is 49.9 Å². The number of esters is 1. The highest BCUT2D eigenvalue weighted by Crippen LogP contribution is 2.20. The number of hydrogen-bond acceptors (Lipinski definition) is 4. The Kier molecular flexibility index (Phi) is 8.27. The van der Waals surface area contributed by atoms with Crippen LogP contribution in [0.4, 0.5) is 13.2 Å². The summed E-state index contributed by atoms with van der Waals surface area (Å²) in [6.07, 6.45) is -3.94. The van der Waals surface area contributed by atoms with Crippen molar-refractivity contribution in [1.82, 2.24) is 9.80 Å². The van der Waals surface area contributed by atoms with Crippen molar-refractivity contribution in [2.75, 3.05) is 32.7 Å². The van der Waals surface area contributed by atoms with Gasteiger partial charge in [-0.2, -0.15) is 13.2 Å². The van der Waals surface area contributed by atoms with Crippen molar-refractivity contribution >= 4 is 11.9 Å². The number of rotatable bonds is 8. The Bertz CT molecular complexity index is 867. The zero-order chi connectivity index (χ0) is 23.0. The lowest BCUT2D eigenvalue weighted by molar-refractivity contribution is -0.156. The van der Waals surface area contributed by atoms with Crippen molar-refractivity contribution in [2.45, 2.75) is 25.6 Å². The molecule has 1 heterocycles. The second kappa shape index (κ2) is 11.1. The summed E-state index contributed by atoms with van der Waals surface area (Å²) in [5.41, 5.74) is 1.77. The number of ether oxygens (including phenoxy) is 1. The van der Waals surface area contributed by atoms with Crippen LogP contribution in [0.25, 0.3) is 0 Å². The molecule has 1 atom stereocenters. The maximum atomic E-state index is 12.8. The molecule has 0 saturated carbocycles. The first-order valence-corrected chi connectivity index (χ1v) is 10.6. The van der Waals surface area contributed by atoms with Gasteiger partial charge >= 0.3 is 12.1 Å². The fourth-order valence-corrected chi connectivity index (χ4v) is 3.73. The summed E-state index contributed by atoms with van der Waals surface area (Å²) in [6.45, 7) is -0.106. The average Bonchev–Trinajstić information content (AvgIpc) is 2.78. The summed E-state index contributed by atoms with van der Waals surface area (Å²) in [4.78, 5) is 28.5. The number of amides is 1. The van der Waals surface area contributed by atoms with Gasteiger partial charge in [0, 0.05) is 32.6 Å². The van der Waals surface area contributed by atoms with Crippen LogP contribution in [0.5, 0.6) is 0 Å². The Morgan fingerprint density at radius 2 is 1.44 bits per heavy atom. The third-order valence-electron chi connectivity index (χ3n) is 5.43. The number of benzene rings is 2. The molecule has 0 unspecified atom stereocenters. The van der Waals surface area contributed by atoms with Gasteiger partial charge in [0.05, 0.1) is 12.5 Å². The highest BCUT2D eigenvalue weighted by Gasteiger charge is 2.33. The minimum atomic E-state index is -4.25. The van der Waals surface area contributed by atoms with Crippen LogP contribution in [0, 0.1) is 5.92 Å². The number of alkyl halides is 3. The molecule has 1 aliphatic rings. The Balaban J connectivity index is 1.59. The summed E-state index contributed by atoms with van der Waals surface area (Å²) in [5.74, 6) is -1.36. The lowest BCUT2D eigenvalue weighted by Gasteiger charge is -2.35. The minimum absolute atomic E-state index is 0.0399. The number of piperazine rings is 1. The molecule has 2 aromatic rings. The molecule has 0 aliphatic carbocycles. The Morgan fingerprint density at radius 3 is 2.00 bits per heavy atom. The third kappa shape index (κ3) is 7.67. The van der Waals surface area contributed by atoms with E-state index in [1.807, 2.05) is 60.7 Å².